The Hall–Kier alpha value is -3.18. The largest absolute Gasteiger partial charge is 0.462 e. The lowest BCUT2D eigenvalue weighted by atomic mass is 10.0. The molecule has 0 saturated carbocycles. The fourth-order valence-corrected chi connectivity index (χ4v) is 8.06. The monoisotopic (exact) mass is 945 g/mol. The van der Waals surface area contributed by atoms with Crippen molar-refractivity contribution in [3.05, 3.63) is 97.2 Å². The number of hydrogen-bond donors (Lipinski definition) is 1. The first kappa shape index (κ1) is 64.8. The van der Waals surface area contributed by atoms with Gasteiger partial charge in [0.1, 0.15) is 6.61 Å². The highest BCUT2D eigenvalue weighted by molar-refractivity contribution is 5.70. The Bertz CT molecular complexity index is 1300. The molecular weight excluding hydrogens is 837 g/mol. The lowest BCUT2D eigenvalue weighted by molar-refractivity contribution is -0.161. The quantitative estimate of drug-likeness (QED) is 0.0374. The predicted octanol–water partition coefficient (Wildman–Crippen LogP) is 19.5. The molecule has 0 aliphatic carbocycles. The molecule has 0 amide bonds. The van der Waals surface area contributed by atoms with Crippen LogP contribution in [0.15, 0.2) is 97.2 Å². The van der Waals surface area contributed by atoms with Crippen molar-refractivity contribution in [2.75, 3.05) is 13.2 Å². The topological polar surface area (TPSA) is 72.8 Å². The molecule has 0 aliphatic rings. The maximum atomic E-state index is 12.3. The average Bonchev–Trinajstić information content (AvgIpc) is 3.34. The van der Waals surface area contributed by atoms with Gasteiger partial charge in [0.2, 0.25) is 0 Å². The highest BCUT2D eigenvalue weighted by atomic mass is 16.6. The molecule has 1 unspecified atom stereocenters. The van der Waals surface area contributed by atoms with E-state index in [1.807, 2.05) is 0 Å². The van der Waals surface area contributed by atoms with E-state index in [0.29, 0.717) is 12.8 Å². The minimum Gasteiger partial charge on any atom is -0.462 e. The molecule has 0 bridgehead atoms. The first-order valence-electron chi connectivity index (χ1n) is 28.8. The van der Waals surface area contributed by atoms with Gasteiger partial charge in [-0.05, 0) is 96.3 Å². The summed E-state index contributed by atoms with van der Waals surface area (Å²) in [6, 6.07) is 0. The standard InChI is InChI=1S/C63H108O5/c1-3-5-7-9-11-13-15-17-19-21-23-25-26-27-28-29-30-31-32-33-34-35-36-38-39-41-43-45-47-49-51-53-55-57-62(65)67-60-61(59-64)68-63(66)58-56-54-52-50-48-46-44-42-40-37-24-22-20-18-16-14-12-10-8-6-4-2/h6,8,12,14-15,17-18,20-21,23-24,26-27,37,42,44,61,64H,3-5,7,9-11,13,16,19,22,25,28-36,38-41,43,45-60H2,1-2H3/b8-6-,14-12-,17-15-,20-18-,23-21-,27-26-,37-24-,44-42-. The van der Waals surface area contributed by atoms with E-state index in [9.17, 15) is 14.7 Å². The van der Waals surface area contributed by atoms with Crippen molar-refractivity contribution in [3.8, 4) is 0 Å². The summed E-state index contributed by atoms with van der Waals surface area (Å²) in [5, 5.41) is 9.65. The molecule has 0 rings (SSSR count). The molecule has 0 radical (unpaired) electrons. The van der Waals surface area contributed by atoms with Crippen LogP contribution in [0.25, 0.3) is 0 Å². The number of unbranched alkanes of at least 4 members (excludes halogenated alkanes) is 28. The molecule has 1 N–H and O–H groups in total. The van der Waals surface area contributed by atoms with E-state index in [0.717, 1.165) is 103 Å². The van der Waals surface area contributed by atoms with Gasteiger partial charge in [-0.3, -0.25) is 9.59 Å². The highest BCUT2D eigenvalue weighted by Crippen LogP contribution is 2.16. The molecule has 0 spiro atoms. The summed E-state index contributed by atoms with van der Waals surface area (Å²) in [6.45, 7) is 4.01. The number of carbonyl (C=O) groups excluding carboxylic acids is 2. The molecule has 0 aliphatic heterocycles. The van der Waals surface area contributed by atoms with Gasteiger partial charge in [0.25, 0.3) is 0 Å². The Morgan fingerprint density at radius 1 is 0.353 bits per heavy atom. The van der Waals surface area contributed by atoms with Gasteiger partial charge in [0.15, 0.2) is 6.10 Å². The van der Waals surface area contributed by atoms with Crippen molar-refractivity contribution >= 4 is 11.9 Å². The van der Waals surface area contributed by atoms with Gasteiger partial charge in [0, 0.05) is 12.8 Å². The zero-order valence-corrected chi connectivity index (χ0v) is 44.6. The van der Waals surface area contributed by atoms with Crippen LogP contribution in [0.5, 0.6) is 0 Å². The minimum atomic E-state index is -0.788. The molecule has 0 aromatic carbocycles. The van der Waals surface area contributed by atoms with Crippen LogP contribution >= 0.6 is 0 Å². The van der Waals surface area contributed by atoms with Crippen molar-refractivity contribution in [1.82, 2.24) is 0 Å². The fourth-order valence-electron chi connectivity index (χ4n) is 8.06. The van der Waals surface area contributed by atoms with E-state index in [1.165, 1.54) is 141 Å². The van der Waals surface area contributed by atoms with Crippen LogP contribution < -0.4 is 0 Å². The van der Waals surface area contributed by atoms with E-state index in [1.54, 1.807) is 0 Å². The third-order valence-electron chi connectivity index (χ3n) is 12.4. The normalized spacial score (nSPS) is 12.9. The second kappa shape index (κ2) is 58.1. The Morgan fingerprint density at radius 2 is 0.632 bits per heavy atom. The van der Waals surface area contributed by atoms with Crippen molar-refractivity contribution in [3.63, 3.8) is 0 Å². The SMILES string of the molecule is CC/C=C\C/C=C\C/C=C\C/C=C\C/C=C\CCCCCCCC(=O)OC(CO)COC(=O)CCCCCCCCCCCCCCCCCCCC/C=C\C/C=C\C/C=C\CCCCCCC. The molecule has 0 saturated heterocycles. The summed E-state index contributed by atoms with van der Waals surface area (Å²) in [6.07, 6.45) is 82.4. The van der Waals surface area contributed by atoms with Crippen molar-refractivity contribution in [2.24, 2.45) is 0 Å². The lowest BCUT2D eigenvalue weighted by Crippen LogP contribution is -2.28. The highest BCUT2D eigenvalue weighted by Gasteiger charge is 2.16. The van der Waals surface area contributed by atoms with Gasteiger partial charge in [-0.1, -0.05) is 259 Å². The number of rotatable bonds is 52. The Kier molecular flexibility index (Phi) is 55.4. The number of aliphatic hydroxyl groups excluding tert-OH is 1. The summed E-state index contributed by atoms with van der Waals surface area (Å²) < 4.78 is 10.7. The number of hydrogen-bond acceptors (Lipinski definition) is 5. The summed E-state index contributed by atoms with van der Waals surface area (Å²) >= 11 is 0. The van der Waals surface area contributed by atoms with Crippen LogP contribution in [0.4, 0.5) is 0 Å². The van der Waals surface area contributed by atoms with Crippen molar-refractivity contribution < 1.29 is 24.2 Å². The van der Waals surface area contributed by atoms with Crippen LogP contribution in [0.1, 0.15) is 271 Å². The van der Waals surface area contributed by atoms with Gasteiger partial charge in [-0.25, -0.2) is 0 Å². The van der Waals surface area contributed by atoms with Crippen LogP contribution in [0.2, 0.25) is 0 Å². The molecule has 68 heavy (non-hydrogen) atoms. The number of aliphatic hydroxyl groups is 1. The molecule has 5 nitrogen and oxygen atoms in total. The molecule has 0 heterocycles. The maximum absolute atomic E-state index is 12.3. The van der Waals surface area contributed by atoms with Crippen LogP contribution in [0.3, 0.4) is 0 Å². The Labute approximate surface area is 421 Å². The second-order valence-corrected chi connectivity index (χ2v) is 19.0. The average molecular weight is 946 g/mol. The molecule has 0 aromatic heterocycles. The Morgan fingerprint density at radius 3 is 0.956 bits per heavy atom. The van der Waals surface area contributed by atoms with Crippen LogP contribution in [-0.2, 0) is 19.1 Å². The third-order valence-corrected chi connectivity index (χ3v) is 12.4. The fraction of sp³-hybridized carbons (Fsp3) is 0.714. The summed E-state index contributed by atoms with van der Waals surface area (Å²) in [7, 11) is 0. The Balaban J connectivity index is 3.50. The third kappa shape index (κ3) is 55.4. The van der Waals surface area contributed by atoms with Crippen molar-refractivity contribution in [2.45, 2.75) is 277 Å². The summed E-state index contributed by atoms with van der Waals surface area (Å²) in [4.78, 5) is 24.5. The molecule has 390 valence electrons. The second-order valence-electron chi connectivity index (χ2n) is 19.0. The zero-order valence-electron chi connectivity index (χ0n) is 44.6. The van der Waals surface area contributed by atoms with Gasteiger partial charge in [0.05, 0.1) is 6.61 Å². The van der Waals surface area contributed by atoms with E-state index in [4.69, 9.17) is 9.47 Å². The molecular formula is C63H108O5. The minimum absolute atomic E-state index is 0.0770. The van der Waals surface area contributed by atoms with Crippen LogP contribution in [0, 0.1) is 0 Å². The molecule has 1 atom stereocenters. The maximum Gasteiger partial charge on any atom is 0.306 e. The molecule has 0 aromatic rings. The summed E-state index contributed by atoms with van der Waals surface area (Å²) in [5.41, 5.74) is 0. The van der Waals surface area contributed by atoms with Crippen molar-refractivity contribution in [1.29, 1.82) is 0 Å². The molecule has 0 fully saturated rings. The first-order chi connectivity index (χ1) is 33.6. The molecule has 5 heteroatoms. The van der Waals surface area contributed by atoms with E-state index < -0.39 is 6.10 Å². The zero-order chi connectivity index (χ0) is 49.2. The van der Waals surface area contributed by atoms with E-state index in [2.05, 4.69) is 111 Å². The van der Waals surface area contributed by atoms with E-state index in [-0.39, 0.29) is 25.2 Å². The first-order valence-corrected chi connectivity index (χ1v) is 28.8. The van der Waals surface area contributed by atoms with Gasteiger partial charge in [-0.2, -0.15) is 0 Å². The predicted molar refractivity (Wildman–Crippen MR) is 297 cm³/mol. The van der Waals surface area contributed by atoms with Crippen LogP contribution in [-0.4, -0.2) is 36.4 Å². The number of carbonyl (C=O) groups is 2. The van der Waals surface area contributed by atoms with E-state index >= 15 is 0 Å². The number of esters is 2. The van der Waals surface area contributed by atoms with Gasteiger partial charge >= 0.3 is 11.9 Å². The lowest BCUT2D eigenvalue weighted by Gasteiger charge is -2.15. The van der Waals surface area contributed by atoms with Gasteiger partial charge < -0.3 is 14.6 Å². The number of allylic oxidation sites excluding steroid dienone is 16. The van der Waals surface area contributed by atoms with Gasteiger partial charge in [-0.15, -0.1) is 0 Å². The summed E-state index contributed by atoms with van der Waals surface area (Å²) in [5.74, 6) is -0.610. The number of ether oxygens (including phenoxy) is 2. The smallest absolute Gasteiger partial charge is 0.306 e.